The van der Waals surface area contributed by atoms with E-state index < -0.39 is 24.0 Å². The molecule has 1 unspecified atom stereocenters. The Kier molecular flexibility index (Phi) is 6.51. The number of rotatable bonds is 5. The van der Waals surface area contributed by atoms with Gasteiger partial charge >= 0.3 is 12.1 Å². The van der Waals surface area contributed by atoms with E-state index >= 15 is 0 Å². The number of imide groups is 1. The van der Waals surface area contributed by atoms with Crippen LogP contribution in [0.25, 0.3) is 0 Å². The van der Waals surface area contributed by atoms with E-state index in [0.717, 1.165) is 4.90 Å². The first-order chi connectivity index (χ1) is 12.9. The minimum Gasteiger partial charge on any atom is -0.395 e. The molecular formula is C18H21N5O4. The van der Waals surface area contributed by atoms with Crippen LogP contribution in [-0.4, -0.2) is 47.7 Å². The molecule has 9 nitrogen and oxygen atoms in total. The fourth-order valence-corrected chi connectivity index (χ4v) is 2.77. The van der Waals surface area contributed by atoms with Gasteiger partial charge in [-0.25, -0.2) is 14.5 Å². The first-order valence-corrected chi connectivity index (χ1v) is 8.42. The van der Waals surface area contributed by atoms with Gasteiger partial charge in [0.15, 0.2) is 0 Å². The van der Waals surface area contributed by atoms with Crippen molar-refractivity contribution in [1.29, 1.82) is 5.26 Å². The van der Waals surface area contributed by atoms with Gasteiger partial charge in [-0.05, 0) is 31.5 Å². The Bertz CT molecular complexity index is 827. The van der Waals surface area contributed by atoms with Crippen molar-refractivity contribution in [3.8, 4) is 6.07 Å². The first-order valence-electron chi connectivity index (χ1n) is 8.42. The lowest BCUT2D eigenvalue weighted by Gasteiger charge is -2.34. The Morgan fingerprint density at radius 1 is 1.37 bits per heavy atom. The number of carbonyl (C=O) groups excluding carboxylic acids is 3. The molecule has 142 valence electrons. The zero-order valence-corrected chi connectivity index (χ0v) is 15.1. The van der Waals surface area contributed by atoms with Gasteiger partial charge in [0.05, 0.1) is 18.2 Å². The van der Waals surface area contributed by atoms with Crippen LogP contribution >= 0.6 is 0 Å². The molecule has 0 aliphatic carbocycles. The Hall–Kier alpha value is -3.38. The monoisotopic (exact) mass is 371 g/mol. The van der Waals surface area contributed by atoms with Crippen LogP contribution in [0.2, 0.25) is 0 Å². The molecule has 0 bridgehead atoms. The van der Waals surface area contributed by atoms with E-state index in [0.29, 0.717) is 17.8 Å². The molecule has 1 heterocycles. The van der Waals surface area contributed by atoms with Crippen LogP contribution in [0.5, 0.6) is 0 Å². The number of nitriles is 1. The van der Waals surface area contributed by atoms with Crippen molar-refractivity contribution in [3.63, 3.8) is 0 Å². The molecule has 4 N–H and O–H groups in total. The summed E-state index contributed by atoms with van der Waals surface area (Å²) in [6.07, 6.45) is 0. The van der Waals surface area contributed by atoms with E-state index in [1.807, 2.05) is 6.07 Å². The number of amides is 5. The summed E-state index contributed by atoms with van der Waals surface area (Å²) in [6.45, 7) is 3.51. The molecule has 0 spiro atoms. The molecule has 1 aliphatic rings. The van der Waals surface area contributed by atoms with Gasteiger partial charge in [0.25, 0.3) is 5.91 Å². The molecule has 0 radical (unpaired) electrons. The van der Waals surface area contributed by atoms with Gasteiger partial charge in [0.2, 0.25) is 0 Å². The molecular weight excluding hydrogens is 350 g/mol. The molecule has 1 aromatic rings. The van der Waals surface area contributed by atoms with Crippen molar-refractivity contribution in [2.75, 3.05) is 19.7 Å². The van der Waals surface area contributed by atoms with Gasteiger partial charge in [-0.3, -0.25) is 4.79 Å². The van der Waals surface area contributed by atoms with Crippen LogP contribution in [0.15, 0.2) is 35.5 Å². The fourth-order valence-electron chi connectivity index (χ4n) is 2.77. The highest BCUT2D eigenvalue weighted by atomic mass is 16.3. The Morgan fingerprint density at radius 3 is 2.74 bits per heavy atom. The summed E-state index contributed by atoms with van der Waals surface area (Å²) in [7, 11) is 0. The number of hydrogen-bond acceptors (Lipinski definition) is 5. The molecule has 1 aliphatic heterocycles. The lowest BCUT2D eigenvalue weighted by Crippen LogP contribution is -2.53. The molecule has 0 saturated heterocycles. The van der Waals surface area contributed by atoms with Crippen molar-refractivity contribution >= 4 is 18.0 Å². The SMILES string of the molecule is CCNC(=O)N1C(=O)NC(C)=C(C#N)C1c1cccc(C(=O)NCCO)c1. The summed E-state index contributed by atoms with van der Waals surface area (Å²) in [6, 6.07) is 6.12. The zero-order valence-electron chi connectivity index (χ0n) is 15.1. The normalized spacial score (nSPS) is 16.4. The number of urea groups is 2. The predicted molar refractivity (Wildman–Crippen MR) is 96.4 cm³/mol. The molecule has 5 amide bonds. The highest BCUT2D eigenvalue weighted by Crippen LogP contribution is 2.33. The van der Waals surface area contributed by atoms with E-state index in [2.05, 4.69) is 16.0 Å². The quantitative estimate of drug-likeness (QED) is 0.612. The molecule has 0 saturated carbocycles. The predicted octanol–water partition coefficient (Wildman–Crippen LogP) is 1.00. The maximum absolute atomic E-state index is 12.4. The lowest BCUT2D eigenvalue weighted by atomic mass is 9.93. The van der Waals surface area contributed by atoms with Gasteiger partial charge in [-0.15, -0.1) is 0 Å². The number of nitrogens with zero attached hydrogens (tertiary/aromatic N) is 2. The van der Waals surface area contributed by atoms with Gasteiger partial charge in [0, 0.05) is 24.4 Å². The standard InChI is InChI=1S/C18H21N5O4/c1-3-20-17(26)23-15(14(10-19)11(2)22-18(23)27)12-5-4-6-13(9-12)16(25)21-7-8-24/h4-6,9,15,24H,3,7-8H2,1-2H3,(H,20,26)(H,21,25)(H,22,27). The number of hydrogen-bond donors (Lipinski definition) is 4. The highest BCUT2D eigenvalue weighted by molar-refractivity contribution is 5.97. The fraction of sp³-hybridized carbons (Fsp3) is 0.333. The van der Waals surface area contributed by atoms with E-state index in [1.54, 1.807) is 32.0 Å². The molecule has 0 fully saturated rings. The largest absolute Gasteiger partial charge is 0.395 e. The summed E-state index contributed by atoms with van der Waals surface area (Å²) in [5, 5.41) is 26.0. The number of aliphatic hydroxyl groups is 1. The number of aliphatic hydroxyl groups excluding tert-OH is 1. The minimum atomic E-state index is -0.958. The van der Waals surface area contributed by atoms with E-state index in [1.165, 1.54) is 6.07 Å². The number of carbonyl (C=O) groups is 3. The first kappa shape index (κ1) is 19.9. The minimum absolute atomic E-state index is 0.0996. The Morgan fingerprint density at radius 2 is 2.11 bits per heavy atom. The van der Waals surface area contributed by atoms with Crippen LogP contribution in [0.4, 0.5) is 9.59 Å². The van der Waals surface area contributed by atoms with E-state index in [4.69, 9.17) is 5.11 Å². The number of benzene rings is 1. The summed E-state index contributed by atoms with van der Waals surface area (Å²) >= 11 is 0. The van der Waals surface area contributed by atoms with Crippen LogP contribution in [0.1, 0.15) is 35.8 Å². The summed E-state index contributed by atoms with van der Waals surface area (Å²) < 4.78 is 0. The second-order valence-electron chi connectivity index (χ2n) is 5.79. The molecule has 1 atom stereocenters. The zero-order chi connectivity index (χ0) is 20.0. The molecule has 27 heavy (non-hydrogen) atoms. The summed E-state index contributed by atoms with van der Waals surface area (Å²) in [5.41, 5.74) is 1.29. The second kappa shape index (κ2) is 8.82. The average molecular weight is 371 g/mol. The molecule has 1 aromatic carbocycles. The van der Waals surface area contributed by atoms with Gasteiger partial charge in [-0.1, -0.05) is 12.1 Å². The van der Waals surface area contributed by atoms with Crippen LogP contribution in [0, 0.1) is 11.3 Å². The average Bonchev–Trinajstić information content (AvgIpc) is 2.65. The topological polar surface area (TPSA) is 135 Å². The molecule has 2 rings (SSSR count). The highest BCUT2D eigenvalue weighted by Gasteiger charge is 2.38. The van der Waals surface area contributed by atoms with Crippen LogP contribution in [-0.2, 0) is 0 Å². The smallest absolute Gasteiger partial charge is 0.330 e. The maximum Gasteiger partial charge on any atom is 0.330 e. The third-order valence-corrected chi connectivity index (χ3v) is 3.98. The van der Waals surface area contributed by atoms with Crippen LogP contribution in [0.3, 0.4) is 0 Å². The lowest BCUT2D eigenvalue weighted by molar-refractivity contribution is 0.0944. The molecule has 0 aromatic heterocycles. The summed E-state index contributed by atoms with van der Waals surface area (Å²) in [5.74, 6) is -0.407. The Balaban J connectivity index is 2.51. The Labute approximate surface area is 156 Å². The second-order valence-corrected chi connectivity index (χ2v) is 5.79. The number of nitrogens with one attached hydrogen (secondary N) is 3. The maximum atomic E-state index is 12.4. The van der Waals surface area contributed by atoms with Gasteiger partial charge in [-0.2, -0.15) is 5.26 Å². The third-order valence-electron chi connectivity index (χ3n) is 3.98. The van der Waals surface area contributed by atoms with Crippen molar-refractivity contribution in [2.45, 2.75) is 19.9 Å². The molecule has 9 heteroatoms. The van der Waals surface area contributed by atoms with Gasteiger partial charge < -0.3 is 21.1 Å². The summed E-state index contributed by atoms with van der Waals surface area (Å²) in [4.78, 5) is 38.0. The van der Waals surface area contributed by atoms with Crippen LogP contribution < -0.4 is 16.0 Å². The van der Waals surface area contributed by atoms with E-state index in [-0.39, 0.29) is 24.3 Å². The van der Waals surface area contributed by atoms with Crippen molar-refractivity contribution in [2.24, 2.45) is 0 Å². The van der Waals surface area contributed by atoms with Gasteiger partial charge in [0.1, 0.15) is 6.04 Å². The van der Waals surface area contributed by atoms with E-state index in [9.17, 15) is 19.6 Å². The van der Waals surface area contributed by atoms with Crippen molar-refractivity contribution in [1.82, 2.24) is 20.9 Å². The third kappa shape index (κ3) is 4.24. The van der Waals surface area contributed by atoms with Crippen molar-refractivity contribution < 1.29 is 19.5 Å². The number of allylic oxidation sites excluding steroid dienone is 1. The van der Waals surface area contributed by atoms with Crippen molar-refractivity contribution in [3.05, 3.63) is 46.7 Å².